The minimum atomic E-state index is -4.32. The summed E-state index contributed by atoms with van der Waals surface area (Å²) in [5.41, 5.74) is -3.67. The zero-order chi connectivity index (χ0) is 22.3. The number of carbonyl (C=O) groups excluding carboxylic acids is 2. The molecular formula is C22H28F3N3O2S. The topological polar surface area (TPSA) is 61.4 Å². The molecule has 0 aromatic heterocycles. The van der Waals surface area contributed by atoms with E-state index in [0.717, 1.165) is 12.8 Å². The first-order chi connectivity index (χ1) is 14.8. The lowest BCUT2D eigenvalue weighted by molar-refractivity contribution is -0.117. The van der Waals surface area contributed by atoms with Gasteiger partial charge in [0.1, 0.15) is 0 Å². The SMILES string of the molecule is O=C(/C=C/c1ccc(SC(F)(F)F)cc1)NC1CCN(C(=O)NC2CCCCC2)CC1. The van der Waals surface area contributed by atoms with E-state index in [1.807, 2.05) is 4.90 Å². The number of likely N-dealkylation sites (tertiary alicyclic amines) is 1. The molecule has 170 valence electrons. The Morgan fingerprint density at radius 2 is 1.55 bits per heavy atom. The van der Waals surface area contributed by atoms with Crippen molar-refractivity contribution in [2.75, 3.05) is 13.1 Å². The molecule has 1 aromatic rings. The van der Waals surface area contributed by atoms with Gasteiger partial charge in [-0.15, -0.1) is 0 Å². The molecule has 0 radical (unpaired) electrons. The highest BCUT2D eigenvalue weighted by molar-refractivity contribution is 8.00. The van der Waals surface area contributed by atoms with Crippen molar-refractivity contribution >= 4 is 29.8 Å². The zero-order valence-electron chi connectivity index (χ0n) is 17.3. The van der Waals surface area contributed by atoms with Crippen molar-refractivity contribution < 1.29 is 22.8 Å². The number of piperidine rings is 1. The average molecular weight is 456 g/mol. The van der Waals surface area contributed by atoms with E-state index in [9.17, 15) is 22.8 Å². The van der Waals surface area contributed by atoms with Gasteiger partial charge in [-0.3, -0.25) is 4.79 Å². The van der Waals surface area contributed by atoms with E-state index in [1.54, 1.807) is 18.2 Å². The van der Waals surface area contributed by atoms with Crippen LogP contribution in [0, 0.1) is 0 Å². The molecule has 9 heteroatoms. The van der Waals surface area contributed by atoms with Crippen LogP contribution in [0.4, 0.5) is 18.0 Å². The van der Waals surface area contributed by atoms with Gasteiger partial charge in [-0.05, 0) is 61.2 Å². The third kappa shape index (κ3) is 8.12. The molecule has 1 saturated heterocycles. The van der Waals surface area contributed by atoms with Crippen molar-refractivity contribution in [3.05, 3.63) is 35.9 Å². The molecule has 1 aliphatic heterocycles. The van der Waals surface area contributed by atoms with Crippen LogP contribution in [0.25, 0.3) is 6.08 Å². The predicted octanol–water partition coefficient (Wildman–Crippen LogP) is 4.93. The van der Waals surface area contributed by atoms with E-state index >= 15 is 0 Å². The summed E-state index contributed by atoms with van der Waals surface area (Å²) in [5, 5.41) is 6.06. The number of hydrogen-bond donors (Lipinski definition) is 2. The lowest BCUT2D eigenvalue weighted by Crippen LogP contribution is -2.51. The summed E-state index contributed by atoms with van der Waals surface area (Å²) in [5.74, 6) is -0.251. The van der Waals surface area contributed by atoms with Crippen molar-refractivity contribution in [1.82, 2.24) is 15.5 Å². The maximum Gasteiger partial charge on any atom is 0.446 e. The van der Waals surface area contributed by atoms with Gasteiger partial charge in [-0.2, -0.15) is 13.2 Å². The molecule has 0 spiro atoms. The molecule has 1 heterocycles. The van der Waals surface area contributed by atoms with Crippen molar-refractivity contribution in [3.63, 3.8) is 0 Å². The number of amides is 3. The smallest absolute Gasteiger partial charge is 0.350 e. The Kier molecular flexibility index (Phi) is 8.28. The molecule has 2 fully saturated rings. The Balaban J connectivity index is 1.39. The molecule has 31 heavy (non-hydrogen) atoms. The zero-order valence-corrected chi connectivity index (χ0v) is 18.1. The molecule has 0 bridgehead atoms. The number of alkyl halides is 3. The minimum Gasteiger partial charge on any atom is -0.350 e. The van der Waals surface area contributed by atoms with Crippen molar-refractivity contribution in [2.24, 2.45) is 0 Å². The second-order valence-electron chi connectivity index (χ2n) is 8.00. The van der Waals surface area contributed by atoms with E-state index in [4.69, 9.17) is 0 Å². The maximum atomic E-state index is 12.4. The fourth-order valence-electron chi connectivity index (χ4n) is 3.94. The highest BCUT2D eigenvalue weighted by Gasteiger charge is 2.29. The van der Waals surface area contributed by atoms with Gasteiger partial charge in [0, 0.05) is 36.1 Å². The molecule has 1 aromatic carbocycles. The second kappa shape index (κ2) is 10.9. The van der Waals surface area contributed by atoms with Gasteiger partial charge < -0.3 is 15.5 Å². The fraction of sp³-hybridized carbons (Fsp3) is 0.545. The summed E-state index contributed by atoms with van der Waals surface area (Å²) < 4.78 is 37.1. The van der Waals surface area contributed by atoms with Crippen LogP contribution in [0.15, 0.2) is 35.2 Å². The van der Waals surface area contributed by atoms with Crippen LogP contribution >= 0.6 is 11.8 Å². The standard InChI is InChI=1S/C22H28F3N3O2S/c23-22(24,25)31-19-9-6-16(7-10-19)8-11-20(29)26-18-12-14-28(15-13-18)21(30)27-17-4-2-1-3-5-17/h6-11,17-18H,1-5,12-15H2,(H,26,29)(H,27,30)/b11-8+. The summed E-state index contributed by atoms with van der Waals surface area (Å²) in [4.78, 5) is 26.5. The second-order valence-corrected chi connectivity index (χ2v) is 9.14. The molecule has 2 aliphatic rings. The summed E-state index contributed by atoms with van der Waals surface area (Å²) in [6.07, 6.45) is 10.0. The fourth-order valence-corrected chi connectivity index (χ4v) is 4.48. The van der Waals surface area contributed by atoms with Gasteiger partial charge in [0.25, 0.3) is 0 Å². The number of benzene rings is 1. The summed E-state index contributed by atoms with van der Waals surface area (Å²) in [6.45, 7) is 1.21. The molecule has 2 N–H and O–H groups in total. The Morgan fingerprint density at radius 1 is 0.935 bits per heavy atom. The van der Waals surface area contributed by atoms with Crippen LogP contribution in [0.5, 0.6) is 0 Å². The quantitative estimate of drug-likeness (QED) is 0.489. The molecule has 3 amide bonds. The maximum absolute atomic E-state index is 12.4. The highest BCUT2D eigenvalue weighted by atomic mass is 32.2. The van der Waals surface area contributed by atoms with Crippen LogP contribution in [0.1, 0.15) is 50.5 Å². The van der Waals surface area contributed by atoms with E-state index in [2.05, 4.69) is 10.6 Å². The third-order valence-electron chi connectivity index (χ3n) is 5.60. The molecule has 0 atom stereocenters. The summed E-state index contributed by atoms with van der Waals surface area (Å²) >= 11 is -0.167. The van der Waals surface area contributed by atoms with Crippen molar-refractivity contribution in [3.8, 4) is 0 Å². The van der Waals surface area contributed by atoms with Crippen LogP contribution in [0.3, 0.4) is 0 Å². The monoisotopic (exact) mass is 455 g/mol. The molecule has 3 rings (SSSR count). The Labute approximate surface area is 184 Å². The van der Waals surface area contributed by atoms with Gasteiger partial charge in [0.2, 0.25) is 5.91 Å². The minimum absolute atomic E-state index is 0.00134. The number of nitrogens with one attached hydrogen (secondary N) is 2. The van der Waals surface area contributed by atoms with Gasteiger partial charge in [0.05, 0.1) is 0 Å². The van der Waals surface area contributed by atoms with E-state index in [0.29, 0.717) is 31.5 Å². The van der Waals surface area contributed by atoms with Gasteiger partial charge >= 0.3 is 11.5 Å². The first-order valence-corrected chi connectivity index (χ1v) is 11.5. The Bertz CT molecular complexity index is 769. The normalized spacial score (nSPS) is 18.9. The summed E-state index contributed by atoms with van der Waals surface area (Å²) in [7, 11) is 0. The van der Waals surface area contributed by atoms with Crippen molar-refractivity contribution in [2.45, 2.75) is 67.4 Å². The van der Waals surface area contributed by atoms with Gasteiger partial charge in [0.15, 0.2) is 0 Å². The van der Waals surface area contributed by atoms with Crippen molar-refractivity contribution in [1.29, 1.82) is 0 Å². The number of halogens is 3. The van der Waals surface area contributed by atoms with E-state index in [1.165, 1.54) is 37.5 Å². The van der Waals surface area contributed by atoms with Gasteiger partial charge in [-0.25, -0.2) is 4.79 Å². The Morgan fingerprint density at radius 3 is 2.16 bits per heavy atom. The van der Waals surface area contributed by atoms with Crippen LogP contribution < -0.4 is 10.6 Å². The third-order valence-corrected chi connectivity index (χ3v) is 6.34. The number of nitrogens with zero attached hydrogens (tertiary/aromatic N) is 1. The molecule has 1 saturated carbocycles. The highest BCUT2D eigenvalue weighted by Crippen LogP contribution is 2.36. The number of rotatable bonds is 5. The molecule has 0 unspecified atom stereocenters. The van der Waals surface area contributed by atoms with E-state index < -0.39 is 5.51 Å². The summed E-state index contributed by atoms with van der Waals surface area (Å²) in [6, 6.07) is 6.12. The first-order valence-electron chi connectivity index (χ1n) is 10.7. The number of urea groups is 1. The Hall–Kier alpha value is -2.16. The first kappa shape index (κ1) is 23.5. The van der Waals surface area contributed by atoms with Gasteiger partial charge in [-0.1, -0.05) is 31.4 Å². The molecular weight excluding hydrogens is 427 g/mol. The number of carbonyl (C=O) groups is 2. The number of hydrogen-bond acceptors (Lipinski definition) is 3. The molecule has 5 nitrogen and oxygen atoms in total. The van der Waals surface area contributed by atoms with E-state index in [-0.39, 0.29) is 40.7 Å². The predicted molar refractivity (Wildman–Crippen MR) is 116 cm³/mol. The largest absolute Gasteiger partial charge is 0.446 e. The van der Waals surface area contributed by atoms with Crippen LogP contribution in [0.2, 0.25) is 0 Å². The average Bonchev–Trinajstić information content (AvgIpc) is 2.73. The lowest BCUT2D eigenvalue weighted by atomic mass is 9.95. The molecule has 1 aliphatic carbocycles. The van der Waals surface area contributed by atoms with Crippen LogP contribution in [-0.4, -0.2) is 47.5 Å². The lowest BCUT2D eigenvalue weighted by Gasteiger charge is -2.34. The van der Waals surface area contributed by atoms with Crippen LogP contribution in [-0.2, 0) is 4.79 Å². The number of thioether (sulfide) groups is 1.